The molecule has 0 saturated carbocycles. The number of aliphatic hydroxyl groups excluding tert-OH is 1. The van der Waals surface area contributed by atoms with Crippen LogP contribution in [-0.4, -0.2) is 34.2 Å². The molecule has 1 saturated heterocycles. The van der Waals surface area contributed by atoms with Gasteiger partial charge in [0.25, 0.3) is 0 Å². The van der Waals surface area contributed by atoms with Gasteiger partial charge in [-0.05, 0) is 12.0 Å². The molecule has 1 aromatic rings. The molecule has 2 aliphatic rings. The van der Waals surface area contributed by atoms with Crippen LogP contribution in [-0.2, 0) is 9.53 Å². The van der Waals surface area contributed by atoms with Crippen LogP contribution < -0.4 is 0 Å². The SMILES string of the molecule is CC(C)[C@@H](O)[C@@]12C=CC(=O)N1[C@@H](c1ccccc1)OC2. The second kappa shape index (κ2) is 4.72. The predicted molar refractivity (Wildman–Crippen MR) is 74.7 cm³/mol. The van der Waals surface area contributed by atoms with Crippen molar-refractivity contribution in [1.29, 1.82) is 0 Å². The lowest BCUT2D eigenvalue weighted by molar-refractivity contribution is -0.136. The van der Waals surface area contributed by atoms with Crippen molar-refractivity contribution in [1.82, 2.24) is 4.90 Å². The number of fused-ring (bicyclic) bond motifs is 1. The number of carbonyl (C=O) groups excluding carboxylic acids is 1. The zero-order chi connectivity index (χ0) is 14.3. The molecule has 2 aliphatic heterocycles. The fourth-order valence-electron chi connectivity index (χ4n) is 3.09. The molecule has 1 aromatic carbocycles. The molecule has 0 aliphatic carbocycles. The van der Waals surface area contributed by atoms with Crippen LogP contribution in [0.3, 0.4) is 0 Å². The van der Waals surface area contributed by atoms with Gasteiger partial charge in [-0.15, -0.1) is 0 Å². The minimum atomic E-state index is -0.730. The highest BCUT2D eigenvalue weighted by atomic mass is 16.5. The van der Waals surface area contributed by atoms with Gasteiger partial charge in [0.1, 0.15) is 5.54 Å². The van der Waals surface area contributed by atoms with Gasteiger partial charge in [0.2, 0.25) is 5.91 Å². The van der Waals surface area contributed by atoms with E-state index in [-0.39, 0.29) is 11.8 Å². The molecule has 0 spiro atoms. The third-order valence-electron chi connectivity index (χ3n) is 4.14. The number of carbonyl (C=O) groups is 1. The van der Waals surface area contributed by atoms with Crippen LogP contribution in [0.25, 0.3) is 0 Å². The summed E-state index contributed by atoms with van der Waals surface area (Å²) in [6.07, 6.45) is 2.28. The number of aliphatic hydroxyl groups is 1. The van der Waals surface area contributed by atoms with Crippen molar-refractivity contribution in [3.63, 3.8) is 0 Å². The van der Waals surface area contributed by atoms with E-state index in [9.17, 15) is 9.90 Å². The highest BCUT2D eigenvalue weighted by Gasteiger charge is 2.56. The third-order valence-corrected chi connectivity index (χ3v) is 4.14. The van der Waals surface area contributed by atoms with E-state index >= 15 is 0 Å². The van der Waals surface area contributed by atoms with E-state index in [0.29, 0.717) is 6.61 Å². The first-order valence-electron chi connectivity index (χ1n) is 6.93. The molecular formula is C16H19NO3. The summed E-state index contributed by atoms with van der Waals surface area (Å²) >= 11 is 0. The van der Waals surface area contributed by atoms with Crippen LogP contribution in [0.5, 0.6) is 0 Å². The second-order valence-corrected chi connectivity index (χ2v) is 5.80. The first-order chi connectivity index (χ1) is 9.56. The molecule has 3 atom stereocenters. The van der Waals surface area contributed by atoms with Gasteiger partial charge in [-0.3, -0.25) is 9.69 Å². The summed E-state index contributed by atoms with van der Waals surface area (Å²) in [6, 6.07) is 9.65. The molecule has 0 bridgehead atoms. The molecule has 2 heterocycles. The molecule has 106 valence electrons. The maximum atomic E-state index is 12.2. The van der Waals surface area contributed by atoms with Gasteiger partial charge in [0, 0.05) is 11.6 Å². The predicted octanol–water partition coefficient (Wildman–Crippen LogP) is 1.87. The summed E-state index contributed by atoms with van der Waals surface area (Å²) in [7, 11) is 0. The second-order valence-electron chi connectivity index (χ2n) is 5.80. The Kier molecular flexibility index (Phi) is 3.15. The van der Waals surface area contributed by atoms with Gasteiger partial charge >= 0.3 is 0 Å². The normalized spacial score (nSPS) is 30.1. The van der Waals surface area contributed by atoms with E-state index in [0.717, 1.165) is 5.56 Å². The quantitative estimate of drug-likeness (QED) is 0.914. The lowest BCUT2D eigenvalue weighted by Crippen LogP contribution is -2.54. The van der Waals surface area contributed by atoms with E-state index in [4.69, 9.17) is 4.74 Å². The molecule has 1 fully saturated rings. The van der Waals surface area contributed by atoms with E-state index in [1.807, 2.05) is 44.2 Å². The van der Waals surface area contributed by atoms with Crippen molar-refractivity contribution in [3.05, 3.63) is 48.0 Å². The van der Waals surface area contributed by atoms with Gasteiger partial charge in [0.05, 0.1) is 12.7 Å². The molecule has 3 rings (SSSR count). The molecule has 0 unspecified atom stereocenters. The Hall–Kier alpha value is -1.65. The summed E-state index contributed by atoms with van der Waals surface area (Å²) in [5.41, 5.74) is 0.202. The fourth-order valence-corrected chi connectivity index (χ4v) is 3.09. The van der Waals surface area contributed by atoms with Gasteiger partial charge in [-0.2, -0.15) is 0 Å². The molecule has 20 heavy (non-hydrogen) atoms. The van der Waals surface area contributed by atoms with E-state index < -0.39 is 17.9 Å². The molecule has 0 radical (unpaired) electrons. The van der Waals surface area contributed by atoms with Crippen molar-refractivity contribution in [2.45, 2.75) is 31.7 Å². The van der Waals surface area contributed by atoms with Crippen LogP contribution in [0, 0.1) is 5.92 Å². The Bertz CT molecular complexity index is 540. The maximum absolute atomic E-state index is 12.2. The third kappa shape index (κ3) is 1.79. The van der Waals surface area contributed by atoms with Gasteiger partial charge in [-0.1, -0.05) is 44.2 Å². The van der Waals surface area contributed by atoms with E-state index in [1.54, 1.807) is 17.1 Å². The number of benzene rings is 1. The number of ether oxygens (including phenoxy) is 1. The number of amides is 1. The van der Waals surface area contributed by atoms with Crippen molar-refractivity contribution in [3.8, 4) is 0 Å². The topological polar surface area (TPSA) is 49.8 Å². The highest BCUT2D eigenvalue weighted by molar-refractivity contribution is 5.92. The number of hydrogen-bond acceptors (Lipinski definition) is 3. The molecule has 4 heteroatoms. The number of hydrogen-bond donors (Lipinski definition) is 1. The lowest BCUT2D eigenvalue weighted by Gasteiger charge is -2.37. The van der Waals surface area contributed by atoms with Crippen LogP contribution in [0.2, 0.25) is 0 Å². The zero-order valence-corrected chi connectivity index (χ0v) is 11.7. The smallest absolute Gasteiger partial charge is 0.249 e. The Morgan fingerprint density at radius 1 is 1.35 bits per heavy atom. The first-order valence-corrected chi connectivity index (χ1v) is 6.93. The van der Waals surface area contributed by atoms with E-state index in [2.05, 4.69) is 0 Å². The van der Waals surface area contributed by atoms with Crippen LogP contribution >= 0.6 is 0 Å². The van der Waals surface area contributed by atoms with Gasteiger partial charge in [-0.25, -0.2) is 0 Å². The molecule has 1 N–H and O–H groups in total. The van der Waals surface area contributed by atoms with Crippen LogP contribution in [0.15, 0.2) is 42.5 Å². The summed E-state index contributed by atoms with van der Waals surface area (Å²) in [4.78, 5) is 13.9. The Balaban J connectivity index is 1.99. The van der Waals surface area contributed by atoms with Crippen molar-refractivity contribution < 1.29 is 14.6 Å². The number of nitrogens with zero attached hydrogens (tertiary/aromatic N) is 1. The van der Waals surface area contributed by atoms with Crippen LogP contribution in [0.1, 0.15) is 25.6 Å². The van der Waals surface area contributed by atoms with Crippen LogP contribution in [0.4, 0.5) is 0 Å². The highest BCUT2D eigenvalue weighted by Crippen LogP contribution is 2.44. The molecular weight excluding hydrogens is 254 g/mol. The van der Waals surface area contributed by atoms with Crippen molar-refractivity contribution in [2.24, 2.45) is 5.92 Å². The Morgan fingerprint density at radius 2 is 2.05 bits per heavy atom. The van der Waals surface area contributed by atoms with Gasteiger partial charge in [0.15, 0.2) is 6.23 Å². The molecule has 4 nitrogen and oxygen atoms in total. The van der Waals surface area contributed by atoms with Crippen molar-refractivity contribution >= 4 is 5.91 Å². The number of rotatable bonds is 3. The standard InChI is InChI=1S/C16H19NO3/c1-11(2)14(19)16-9-8-13(18)17(16)15(20-10-16)12-6-4-3-5-7-12/h3-9,11,14-15,19H,10H2,1-2H3/t14-,15-,16+/m1/s1. The average Bonchev–Trinajstić information content (AvgIpc) is 2.99. The molecule has 0 aromatic heterocycles. The largest absolute Gasteiger partial charge is 0.390 e. The monoisotopic (exact) mass is 273 g/mol. The zero-order valence-electron chi connectivity index (χ0n) is 11.7. The van der Waals surface area contributed by atoms with Crippen molar-refractivity contribution in [2.75, 3.05) is 6.61 Å². The first kappa shape index (κ1) is 13.3. The fraction of sp³-hybridized carbons (Fsp3) is 0.438. The Morgan fingerprint density at radius 3 is 2.70 bits per heavy atom. The minimum Gasteiger partial charge on any atom is -0.390 e. The summed E-state index contributed by atoms with van der Waals surface area (Å²) in [5.74, 6) is -0.0535. The summed E-state index contributed by atoms with van der Waals surface area (Å²) < 4.78 is 5.84. The Labute approximate surface area is 118 Å². The lowest BCUT2D eigenvalue weighted by atomic mass is 9.86. The molecule has 1 amide bonds. The van der Waals surface area contributed by atoms with Gasteiger partial charge < -0.3 is 9.84 Å². The minimum absolute atomic E-state index is 0.0474. The summed E-state index contributed by atoms with van der Waals surface area (Å²) in [6.45, 7) is 4.22. The summed E-state index contributed by atoms with van der Waals surface area (Å²) in [5, 5.41) is 10.5. The maximum Gasteiger partial charge on any atom is 0.249 e. The average molecular weight is 273 g/mol. The van der Waals surface area contributed by atoms with E-state index in [1.165, 1.54) is 0 Å².